The van der Waals surface area contributed by atoms with Gasteiger partial charge < -0.3 is 19.7 Å². The van der Waals surface area contributed by atoms with Gasteiger partial charge in [-0.2, -0.15) is 0 Å². The third kappa shape index (κ3) is 4.59. The van der Waals surface area contributed by atoms with Crippen molar-refractivity contribution < 1.29 is 23.5 Å². The van der Waals surface area contributed by atoms with Gasteiger partial charge in [-0.05, 0) is 38.2 Å². The van der Waals surface area contributed by atoms with Crippen LogP contribution in [-0.4, -0.2) is 47.8 Å². The van der Waals surface area contributed by atoms with E-state index < -0.39 is 17.8 Å². The van der Waals surface area contributed by atoms with Gasteiger partial charge in [-0.15, -0.1) is 0 Å². The molecule has 1 saturated heterocycles. The maximum absolute atomic E-state index is 14.9. The van der Waals surface area contributed by atoms with Crippen molar-refractivity contribution in [2.45, 2.75) is 45.3 Å². The molecule has 3 heterocycles. The molecule has 7 nitrogen and oxygen atoms in total. The topological polar surface area (TPSA) is 80.2 Å². The molecule has 3 aliphatic rings. The number of carbonyl (C=O) groups is 2. The Balaban J connectivity index is 1.61. The summed E-state index contributed by atoms with van der Waals surface area (Å²) in [5, 5.41) is 5.35. The Bertz CT molecular complexity index is 1000. The van der Waals surface area contributed by atoms with Gasteiger partial charge in [-0.25, -0.2) is 14.2 Å². The molecular formula is C23H26FN3O4S. The second-order valence-electron chi connectivity index (χ2n) is 7.75. The molecule has 9 heteroatoms. The van der Waals surface area contributed by atoms with E-state index in [0.717, 1.165) is 19.4 Å². The summed E-state index contributed by atoms with van der Waals surface area (Å²) in [4.78, 5) is 31.8. The molecule has 1 amide bonds. The van der Waals surface area contributed by atoms with Gasteiger partial charge in [0.05, 0.1) is 36.4 Å². The Hall–Kier alpha value is -2.65. The number of amides is 1. The zero-order valence-electron chi connectivity index (χ0n) is 18.1. The molecule has 170 valence electrons. The van der Waals surface area contributed by atoms with Crippen LogP contribution in [0.5, 0.6) is 0 Å². The summed E-state index contributed by atoms with van der Waals surface area (Å²) >= 11 is 1.36. The van der Waals surface area contributed by atoms with Crippen molar-refractivity contribution >= 4 is 28.8 Å². The Kier molecular flexibility index (Phi) is 6.95. The van der Waals surface area contributed by atoms with Crippen LogP contribution in [-0.2, 0) is 19.1 Å². The fourth-order valence-electron chi connectivity index (χ4n) is 4.09. The summed E-state index contributed by atoms with van der Waals surface area (Å²) in [5.41, 5.74) is 1.73. The first-order chi connectivity index (χ1) is 15.5. The molecule has 0 bridgehead atoms. The number of nitrogens with one attached hydrogen (secondary N) is 1. The number of fused-ring (bicyclic) bond motifs is 1. The molecule has 0 aliphatic carbocycles. The molecule has 1 fully saturated rings. The molecule has 4 rings (SSSR count). The summed E-state index contributed by atoms with van der Waals surface area (Å²) in [6.45, 7) is 4.82. The van der Waals surface area contributed by atoms with Crippen LogP contribution in [0.15, 0.2) is 51.6 Å². The van der Waals surface area contributed by atoms with Crippen LogP contribution in [0.1, 0.15) is 44.7 Å². The van der Waals surface area contributed by atoms with Crippen LogP contribution in [0.2, 0.25) is 0 Å². The van der Waals surface area contributed by atoms with Gasteiger partial charge >= 0.3 is 5.97 Å². The number of hydrogen-bond donors (Lipinski definition) is 1. The molecule has 0 saturated carbocycles. The van der Waals surface area contributed by atoms with Gasteiger partial charge in [-0.1, -0.05) is 30.0 Å². The van der Waals surface area contributed by atoms with E-state index in [0.29, 0.717) is 28.7 Å². The maximum atomic E-state index is 14.9. The van der Waals surface area contributed by atoms with Gasteiger partial charge in [0.2, 0.25) is 5.91 Å². The van der Waals surface area contributed by atoms with Gasteiger partial charge in [-0.3, -0.25) is 4.79 Å². The highest BCUT2D eigenvalue weighted by Crippen LogP contribution is 2.45. The molecule has 0 aromatic heterocycles. The molecule has 0 unspecified atom stereocenters. The number of aliphatic imine (C=N–C) groups is 1. The summed E-state index contributed by atoms with van der Waals surface area (Å²) in [6.07, 6.45) is 2.07. The Morgan fingerprint density at radius 3 is 2.91 bits per heavy atom. The van der Waals surface area contributed by atoms with E-state index >= 15 is 0 Å². The van der Waals surface area contributed by atoms with Crippen LogP contribution in [0.25, 0.3) is 0 Å². The zero-order chi connectivity index (χ0) is 22.7. The van der Waals surface area contributed by atoms with Crippen molar-refractivity contribution in [3.8, 4) is 0 Å². The molecular weight excluding hydrogens is 433 g/mol. The van der Waals surface area contributed by atoms with Crippen molar-refractivity contribution in [1.82, 2.24) is 10.2 Å². The van der Waals surface area contributed by atoms with Gasteiger partial charge in [0.15, 0.2) is 5.17 Å². The highest BCUT2D eigenvalue weighted by atomic mass is 32.2. The predicted molar refractivity (Wildman–Crippen MR) is 120 cm³/mol. The molecule has 0 radical (unpaired) electrons. The lowest BCUT2D eigenvalue weighted by Gasteiger charge is -2.36. The van der Waals surface area contributed by atoms with Crippen LogP contribution in [0.4, 0.5) is 4.39 Å². The SMILES string of the molecule is CCOC(=O)C1=C(C)N=C2SC=C(CC(=O)NC[C@@H]3CCCO3)N2[C@H]1c1ccccc1F. The highest BCUT2D eigenvalue weighted by molar-refractivity contribution is 8.16. The first-order valence-electron chi connectivity index (χ1n) is 10.7. The fourth-order valence-corrected chi connectivity index (χ4v) is 5.05. The monoisotopic (exact) mass is 459 g/mol. The van der Waals surface area contributed by atoms with Crippen molar-refractivity contribution in [2.24, 2.45) is 4.99 Å². The standard InChI is InChI=1S/C23H26FN3O4S/c1-3-30-22(29)20-14(2)26-23-27(21(20)17-8-4-5-9-18(17)24)15(13-32-23)11-19(28)25-12-16-7-6-10-31-16/h4-5,8-9,13,16,21H,3,6-7,10-12H2,1-2H3,(H,25,28)/t16-,21-/m0/s1. The number of halogens is 1. The van der Waals surface area contributed by atoms with Crippen molar-refractivity contribution in [3.63, 3.8) is 0 Å². The second kappa shape index (κ2) is 9.87. The molecule has 1 N–H and O–H groups in total. The lowest BCUT2D eigenvalue weighted by Crippen LogP contribution is -2.39. The van der Waals surface area contributed by atoms with E-state index in [1.807, 2.05) is 5.41 Å². The van der Waals surface area contributed by atoms with Crippen LogP contribution in [0, 0.1) is 5.82 Å². The van der Waals surface area contributed by atoms with Crippen molar-refractivity contribution in [3.05, 3.63) is 58.0 Å². The number of benzene rings is 1. The lowest BCUT2D eigenvalue weighted by atomic mass is 9.93. The number of rotatable bonds is 7. The third-order valence-corrected chi connectivity index (χ3v) is 6.48. The molecule has 1 aromatic rings. The predicted octanol–water partition coefficient (Wildman–Crippen LogP) is 3.65. The Morgan fingerprint density at radius 2 is 2.19 bits per heavy atom. The zero-order valence-corrected chi connectivity index (χ0v) is 18.9. The minimum atomic E-state index is -0.769. The lowest BCUT2D eigenvalue weighted by molar-refractivity contribution is -0.139. The Labute approximate surface area is 190 Å². The summed E-state index contributed by atoms with van der Waals surface area (Å²) in [6, 6.07) is 5.57. The van der Waals surface area contributed by atoms with E-state index in [9.17, 15) is 14.0 Å². The molecule has 1 aromatic carbocycles. The number of hydrogen-bond acceptors (Lipinski definition) is 7. The smallest absolute Gasteiger partial charge is 0.338 e. The van der Waals surface area contributed by atoms with E-state index in [1.54, 1.807) is 36.9 Å². The summed E-state index contributed by atoms with van der Waals surface area (Å²) in [5.74, 6) is -1.14. The number of ether oxygens (including phenoxy) is 2. The number of thioether (sulfide) groups is 1. The molecule has 0 spiro atoms. The fraction of sp³-hybridized carbons (Fsp3) is 0.435. The van der Waals surface area contributed by atoms with E-state index in [1.165, 1.54) is 17.8 Å². The van der Waals surface area contributed by atoms with E-state index in [-0.39, 0.29) is 30.6 Å². The molecule has 2 atom stereocenters. The minimum absolute atomic E-state index is 0.0464. The van der Waals surface area contributed by atoms with E-state index in [2.05, 4.69) is 10.3 Å². The summed E-state index contributed by atoms with van der Waals surface area (Å²) in [7, 11) is 0. The number of amidine groups is 1. The highest BCUT2D eigenvalue weighted by Gasteiger charge is 2.42. The third-order valence-electron chi connectivity index (χ3n) is 5.59. The summed E-state index contributed by atoms with van der Waals surface area (Å²) < 4.78 is 25.7. The van der Waals surface area contributed by atoms with Crippen LogP contribution in [0.3, 0.4) is 0 Å². The van der Waals surface area contributed by atoms with Crippen LogP contribution >= 0.6 is 11.8 Å². The van der Waals surface area contributed by atoms with Crippen molar-refractivity contribution in [2.75, 3.05) is 19.8 Å². The largest absolute Gasteiger partial charge is 0.463 e. The number of esters is 1. The van der Waals surface area contributed by atoms with Crippen LogP contribution < -0.4 is 5.32 Å². The van der Waals surface area contributed by atoms with Gasteiger partial charge in [0.25, 0.3) is 0 Å². The van der Waals surface area contributed by atoms with Gasteiger partial charge in [0, 0.05) is 24.4 Å². The number of nitrogens with zero attached hydrogens (tertiary/aromatic N) is 2. The van der Waals surface area contributed by atoms with E-state index in [4.69, 9.17) is 9.47 Å². The average Bonchev–Trinajstić information content (AvgIpc) is 3.42. The minimum Gasteiger partial charge on any atom is -0.463 e. The maximum Gasteiger partial charge on any atom is 0.338 e. The number of carbonyl (C=O) groups excluding carboxylic acids is 2. The average molecular weight is 460 g/mol. The first kappa shape index (κ1) is 22.5. The quantitative estimate of drug-likeness (QED) is 0.627. The number of allylic oxidation sites excluding steroid dienone is 1. The Morgan fingerprint density at radius 1 is 1.38 bits per heavy atom. The second-order valence-corrected chi connectivity index (χ2v) is 8.59. The molecule has 32 heavy (non-hydrogen) atoms. The normalized spacial score (nSPS) is 22.4. The van der Waals surface area contributed by atoms with Crippen molar-refractivity contribution in [1.29, 1.82) is 0 Å². The van der Waals surface area contributed by atoms with Gasteiger partial charge in [0.1, 0.15) is 5.82 Å². The molecule has 3 aliphatic heterocycles. The first-order valence-corrected chi connectivity index (χ1v) is 11.6.